The second kappa shape index (κ2) is 4.42. The summed E-state index contributed by atoms with van der Waals surface area (Å²) in [6.07, 6.45) is 4.10. The third-order valence-corrected chi connectivity index (χ3v) is 4.62. The van der Waals surface area contributed by atoms with Gasteiger partial charge >= 0.3 is 0 Å². The zero-order valence-corrected chi connectivity index (χ0v) is 10.7. The highest BCUT2D eigenvalue weighted by atomic mass is 32.2. The lowest BCUT2D eigenvalue weighted by molar-refractivity contribution is -0.0306. The Morgan fingerprint density at radius 1 is 1.33 bits per heavy atom. The van der Waals surface area contributed by atoms with E-state index in [2.05, 4.69) is 13.8 Å². The van der Waals surface area contributed by atoms with Gasteiger partial charge in [-0.2, -0.15) is 0 Å². The molecule has 15 heavy (non-hydrogen) atoms. The lowest BCUT2D eigenvalue weighted by atomic mass is 9.72. The molecule has 3 nitrogen and oxygen atoms in total. The van der Waals surface area contributed by atoms with Crippen molar-refractivity contribution < 1.29 is 13.5 Å². The van der Waals surface area contributed by atoms with E-state index in [1.165, 1.54) is 6.26 Å². The van der Waals surface area contributed by atoms with Crippen LogP contribution in [0.4, 0.5) is 0 Å². The second-order valence-corrected chi connectivity index (χ2v) is 7.56. The Labute approximate surface area is 92.8 Å². The first kappa shape index (κ1) is 13.0. The molecule has 1 rings (SSSR count). The Bertz CT molecular complexity index is 310. The summed E-state index contributed by atoms with van der Waals surface area (Å²) >= 11 is 0. The van der Waals surface area contributed by atoms with Crippen LogP contribution in [-0.4, -0.2) is 31.1 Å². The van der Waals surface area contributed by atoms with E-state index in [0.29, 0.717) is 18.3 Å². The lowest BCUT2D eigenvalue weighted by Gasteiger charge is -2.39. The SMILES string of the molecule is CC1CCC(O)(CCS(C)(=O)=O)CC1C. The van der Waals surface area contributed by atoms with Gasteiger partial charge in [0.25, 0.3) is 0 Å². The van der Waals surface area contributed by atoms with Crippen molar-refractivity contribution in [2.45, 2.75) is 45.1 Å². The number of hydrogen-bond donors (Lipinski definition) is 1. The molecule has 1 saturated carbocycles. The molecule has 0 aromatic rings. The molecule has 0 spiro atoms. The molecule has 1 fully saturated rings. The van der Waals surface area contributed by atoms with Crippen molar-refractivity contribution in [1.29, 1.82) is 0 Å². The monoisotopic (exact) mass is 234 g/mol. The van der Waals surface area contributed by atoms with Gasteiger partial charge < -0.3 is 5.11 Å². The van der Waals surface area contributed by atoms with Crippen molar-refractivity contribution in [2.75, 3.05) is 12.0 Å². The van der Waals surface area contributed by atoms with Crippen molar-refractivity contribution in [1.82, 2.24) is 0 Å². The van der Waals surface area contributed by atoms with Crippen LogP contribution in [0.2, 0.25) is 0 Å². The summed E-state index contributed by atoms with van der Waals surface area (Å²) in [6, 6.07) is 0. The molecule has 1 N–H and O–H groups in total. The predicted octanol–water partition coefficient (Wildman–Crippen LogP) is 1.61. The van der Waals surface area contributed by atoms with E-state index in [4.69, 9.17) is 0 Å². The van der Waals surface area contributed by atoms with Crippen LogP contribution in [0.25, 0.3) is 0 Å². The predicted molar refractivity (Wildman–Crippen MR) is 61.5 cm³/mol. The summed E-state index contributed by atoms with van der Waals surface area (Å²) < 4.78 is 22.1. The fourth-order valence-corrected chi connectivity index (χ4v) is 3.04. The molecule has 0 saturated heterocycles. The van der Waals surface area contributed by atoms with E-state index >= 15 is 0 Å². The molecule has 0 aliphatic heterocycles. The zero-order chi connectivity index (χ0) is 11.7. The van der Waals surface area contributed by atoms with Crippen molar-refractivity contribution in [3.05, 3.63) is 0 Å². The molecule has 90 valence electrons. The third-order valence-electron chi connectivity index (χ3n) is 3.68. The summed E-state index contributed by atoms with van der Waals surface area (Å²) in [6.45, 7) is 4.33. The molecule has 3 atom stereocenters. The Kier molecular flexibility index (Phi) is 3.82. The highest BCUT2D eigenvalue weighted by molar-refractivity contribution is 7.90. The van der Waals surface area contributed by atoms with E-state index in [1.54, 1.807) is 0 Å². The van der Waals surface area contributed by atoms with E-state index in [1.807, 2.05) is 0 Å². The fourth-order valence-electron chi connectivity index (χ4n) is 2.29. The standard InChI is InChI=1S/C11H22O3S/c1-9-4-5-11(12,8-10(9)2)6-7-15(3,13)14/h9-10,12H,4-8H2,1-3H3. The van der Waals surface area contributed by atoms with Crippen molar-refractivity contribution in [2.24, 2.45) is 11.8 Å². The molecule has 0 radical (unpaired) electrons. The van der Waals surface area contributed by atoms with E-state index < -0.39 is 15.4 Å². The van der Waals surface area contributed by atoms with Gasteiger partial charge in [-0.05, 0) is 37.5 Å². The topological polar surface area (TPSA) is 54.4 Å². The normalized spacial score (nSPS) is 37.9. The van der Waals surface area contributed by atoms with Crippen LogP contribution < -0.4 is 0 Å². The van der Waals surface area contributed by atoms with E-state index in [-0.39, 0.29) is 5.75 Å². The molecule has 1 aliphatic carbocycles. The molecule has 0 bridgehead atoms. The Morgan fingerprint density at radius 3 is 2.40 bits per heavy atom. The fraction of sp³-hybridized carbons (Fsp3) is 1.00. The third kappa shape index (κ3) is 4.11. The minimum Gasteiger partial charge on any atom is -0.390 e. The Hall–Kier alpha value is -0.0900. The van der Waals surface area contributed by atoms with Gasteiger partial charge in [-0.15, -0.1) is 0 Å². The molecule has 0 amide bonds. The highest BCUT2D eigenvalue weighted by Crippen LogP contribution is 2.38. The maximum Gasteiger partial charge on any atom is 0.147 e. The Balaban J connectivity index is 2.53. The average molecular weight is 234 g/mol. The van der Waals surface area contributed by atoms with Gasteiger partial charge in [0.1, 0.15) is 9.84 Å². The maximum atomic E-state index is 11.1. The summed E-state index contributed by atoms with van der Waals surface area (Å²) in [7, 11) is -2.95. The van der Waals surface area contributed by atoms with Gasteiger partial charge in [0.15, 0.2) is 0 Å². The van der Waals surface area contributed by atoms with E-state index in [9.17, 15) is 13.5 Å². The summed E-state index contributed by atoms with van der Waals surface area (Å²) in [5.41, 5.74) is -0.741. The zero-order valence-electron chi connectivity index (χ0n) is 9.86. The molecule has 0 aromatic heterocycles. The van der Waals surface area contributed by atoms with Gasteiger partial charge in [0, 0.05) is 6.26 Å². The summed E-state index contributed by atoms with van der Waals surface area (Å²) in [5.74, 6) is 1.23. The quantitative estimate of drug-likeness (QED) is 0.807. The van der Waals surface area contributed by atoms with Crippen LogP contribution in [-0.2, 0) is 9.84 Å². The first-order valence-electron chi connectivity index (χ1n) is 5.62. The molecular formula is C11H22O3S. The minimum absolute atomic E-state index is 0.102. The molecular weight excluding hydrogens is 212 g/mol. The lowest BCUT2D eigenvalue weighted by Crippen LogP contribution is -2.39. The van der Waals surface area contributed by atoms with Crippen molar-refractivity contribution in [3.63, 3.8) is 0 Å². The largest absolute Gasteiger partial charge is 0.390 e. The molecule has 0 aromatic carbocycles. The van der Waals surface area contributed by atoms with Crippen LogP contribution in [0.3, 0.4) is 0 Å². The summed E-state index contributed by atoms with van der Waals surface area (Å²) in [4.78, 5) is 0. The molecule has 0 heterocycles. The number of aliphatic hydroxyl groups is 1. The van der Waals surface area contributed by atoms with Crippen molar-refractivity contribution >= 4 is 9.84 Å². The van der Waals surface area contributed by atoms with E-state index in [0.717, 1.165) is 19.3 Å². The number of rotatable bonds is 3. The number of sulfone groups is 1. The van der Waals surface area contributed by atoms with Gasteiger partial charge in [-0.25, -0.2) is 8.42 Å². The van der Waals surface area contributed by atoms with Gasteiger partial charge in [-0.3, -0.25) is 0 Å². The van der Waals surface area contributed by atoms with Crippen molar-refractivity contribution in [3.8, 4) is 0 Å². The first-order chi connectivity index (χ1) is 6.72. The number of hydrogen-bond acceptors (Lipinski definition) is 3. The highest BCUT2D eigenvalue weighted by Gasteiger charge is 2.36. The van der Waals surface area contributed by atoms with Gasteiger partial charge in [0.2, 0.25) is 0 Å². The van der Waals surface area contributed by atoms with Crippen LogP contribution in [0.5, 0.6) is 0 Å². The Morgan fingerprint density at radius 2 is 1.93 bits per heavy atom. The van der Waals surface area contributed by atoms with Crippen LogP contribution in [0.15, 0.2) is 0 Å². The van der Waals surface area contributed by atoms with Crippen LogP contribution in [0.1, 0.15) is 39.5 Å². The smallest absolute Gasteiger partial charge is 0.147 e. The van der Waals surface area contributed by atoms with Crippen LogP contribution >= 0.6 is 0 Å². The first-order valence-corrected chi connectivity index (χ1v) is 7.68. The summed E-state index contributed by atoms with van der Waals surface area (Å²) in [5, 5.41) is 10.3. The second-order valence-electron chi connectivity index (χ2n) is 5.30. The van der Waals surface area contributed by atoms with Crippen LogP contribution in [0, 0.1) is 11.8 Å². The molecule has 4 heteroatoms. The van der Waals surface area contributed by atoms with Gasteiger partial charge in [-0.1, -0.05) is 13.8 Å². The van der Waals surface area contributed by atoms with Gasteiger partial charge in [0.05, 0.1) is 11.4 Å². The maximum absolute atomic E-state index is 11.1. The molecule has 3 unspecified atom stereocenters. The molecule has 1 aliphatic rings. The average Bonchev–Trinajstić information content (AvgIpc) is 2.08. The minimum atomic E-state index is -2.95.